The third-order valence-electron chi connectivity index (χ3n) is 7.77. The van der Waals surface area contributed by atoms with Crippen LogP contribution in [-0.4, -0.2) is 25.2 Å². The van der Waals surface area contributed by atoms with Crippen molar-refractivity contribution in [3.8, 4) is 0 Å². The van der Waals surface area contributed by atoms with Crippen LogP contribution in [0.2, 0.25) is 0 Å². The van der Waals surface area contributed by atoms with Gasteiger partial charge < -0.3 is 0 Å². The van der Waals surface area contributed by atoms with Gasteiger partial charge in [0.1, 0.15) is 5.78 Å². The summed E-state index contributed by atoms with van der Waals surface area (Å²) in [5, 5.41) is -0.642. The smallest absolute Gasteiger partial charge is 0.178 e. The lowest BCUT2D eigenvalue weighted by Crippen LogP contribution is -2.57. The number of Topliss-reactive ketones (excluding diaryl/α,β-unsaturated/α-hetero) is 1. The van der Waals surface area contributed by atoms with Crippen LogP contribution in [-0.2, 0) is 19.4 Å². The van der Waals surface area contributed by atoms with E-state index in [4.69, 9.17) is 0 Å². The number of hydrogen-bond donors (Lipinski definition) is 0. The molecule has 2 saturated carbocycles. The average Bonchev–Trinajstić information content (AvgIpc) is 2.54. The predicted molar refractivity (Wildman–Crippen MR) is 95.5 cm³/mol. The maximum Gasteiger partial charge on any atom is 0.178 e. The fourth-order valence-corrected chi connectivity index (χ4v) is 8.05. The summed E-state index contributed by atoms with van der Waals surface area (Å²) in [6.45, 7) is 5.64. The molecule has 3 aliphatic carbocycles. The molecule has 0 bridgehead atoms. The molecular weight excluding hydrogens is 336 g/mol. The van der Waals surface area contributed by atoms with Gasteiger partial charge in [0.15, 0.2) is 15.6 Å². The van der Waals surface area contributed by atoms with Gasteiger partial charge in [-0.15, -0.1) is 0 Å². The summed E-state index contributed by atoms with van der Waals surface area (Å²) < 4.78 is 25.8. The van der Waals surface area contributed by atoms with E-state index in [1.807, 2.05) is 6.92 Å². The summed E-state index contributed by atoms with van der Waals surface area (Å²) >= 11 is 0. The Balaban J connectivity index is 1.83. The fourth-order valence-electron chi connectivity index (χ4n) is 6.05. The average molecular weight is 362 g/mol. The summed E-state index contributed by atoms with van der Waals surface area (Å²) in [6.07, 6.45) is 7.65. The monoisotopic (exact) mass is 362 g/mol. The van der Waals surface area contributed by atoms with Crippen molar-refractivity contribution in [1.82, 2.24) is 0 Å². The van der Waals surface area contributed by atoms with E-state index >= 15 is 0 Å². The summed E-state index contributed by atoms with van der Waals surface area (Å²) in [4.78, 5) is 25.1. The molecule has 1 heterocycles. The van der Waals surface area contributed by atoms with E-state index < -0.39 is 20.5 Å². The van der Waals surface area contributed by atoms with Crippen molar-refractivity contribution in [2.45, 2.75) is 64.5 Å². The molecule has 0 aromatic heterocycles. The second-order valence-corrected chi connectivity index (χ2v) is 11.1. The molecule has 1 aliphatic heterocycles. The second-order valence-electron chi connectivity index (χ2n) is 8.82. The largest absolute Gasteiger partial charge is 0.300 e. The third-order valence-corrected chi connectivity index (χ3v) is 10.2. The van der Waals surface area contributed by atoms with Crippen LogP contribution in [0.1, 0.15) is 59.3 Å². The van der Waals surface area contributed by atoms with Gasteiger partial charge >= 0.3 is 0 Å². The van der Waals surface area contributed by atoms with E-state index in [2.05, 4.69) is 13.0 Å². The van der Waals surface area contributed by atoms with Crippen LogP contribution in [0.15, 0.2) is 22.6 Å². The van der Waals surface area contributed by atoms with Crippen LogP contribution < -0.4 is 0 Å². The van der Waals surface area contributed by atoms with Crippen molar-refractivity contribution >= 4 is 21.4 Å². The first-order chi connectivity index (χ1) is 11.6. The highest BCUT2D eigenvalue weighted by Gasteiger charge is 2.61. The maximum absolute atomic E-state index is 13.0. The molecular formula is C20H26O4S. The Morgan fingerprint density at radius 2 is 1.88 bits per heavy atom. The molecule has 2 fully saturated rings. The van der Waals surface area contributed by atoms with Crippen LogP contribution >= 0.6 is 0 Å². The van der Waals surface area contributed by atoms with Crippen LogP contribution in [0, 0.1) is 22.7 Å². The van der Waals surface area contributed by atoms with Gasteiger partial charge in [-0.2, -0.15) is 0 Å². The number of carbonyl (C=O) groups excluding carboxylic acids is 2. The van der Waals surface area contributed by atoms with E-state index in [-0.39, 0.29) is 22.0 Å². The molecule has 0 unspecified atom stereocenters. The summed E-state index contributed by atoms with van der Waals surface area (Å²) in [5.74, 6) is 0.627. The SMILES string of the molecule is CC1=CC(=O)[C@]2(C)[C@@H]3CC[C@@H]4CC(=O)CC[C@]4(C)C3=CC[C@@H]2S1(=O)=O. The first kappa shape index (κ1) is 17.2. The van der Waals surface area contributed by atoms with E-state index in [1.165, 1.54) is 18.6 Å². The Morgan fingerprint density at radius 1 is 1.16 bits per heavy atom. The summed E-state index contributed by atoms with van der Waals surface area (Å²) in [6, 6.07) is 0. The maximum atomic E-state index is 13.0. The highest BCUT2D eigenvalue weighted by atomic mass is 32.2. The van der Waals surface area contributed by atoms with Crippen LogP contribution in [0.3, 0.4) is 0 Å². The molecule has 0 spiro atoms. The van der Waals surface area contributed by atoms with Gasteiger partial charge in [-0.1, -0.05) is 25.5 Å². The topological polar surface area (TPSA) is 68.3 Å². The van der Waals surface area contributed by atoms with E-state index in [0.717, 1.165) is 19.3 Å². The highest BCUT2D eigenvalue weighted by Crippen LogP contribution is 2.62. The zero-order valence-corrected chi connectivity index (χ0v) is 16.0. The van der Waals surface area contributed by atoms with Crippen LogP contribution in [0.5, 0.6) is 0 Å². The lowest BCUT2D eigenvalue weighted by atomic mass is 9.48. The Hall–Kier alpha value is -1.23. The molecule has 4 aliphatic rings. The van der Waals surface area contributed by atoms with Crippen molar-refractivity contribution in [2.24, 2.45) is 22.7 Å². The van der Waals surface area contributed by atoms with Crippen molar-refractivity contribution in [3.05, 3.63) is 22.6 Å². The lowest BCUT2D eigenvalue weighted by Gasteiger charge is -2.57. The predicted octanol–water partition coefficient (Wildman–Crippen LogP) is 3.38. The van der Waals surface area contributed by atoms with Crippen molar-refractivity contribution in [3.63, 3.8) is 0 Å². The fraction of sp³-hybridized carbons (Fsp3) is 0.700. The van der Waals surface area contributed by atoms with E-state index in [0.29, 0.717) is 31.0 Å². The Kier molecular flexibility index (Phi) is 3.54. The Bertz CT molecular complexity index is 834. The molecule has 4 nitrogen and oxygen atoms in total. The molecule has 0 amide bonds. The van der Waals surface area contributed by atoms with Crippen molar-refractivity contribution in [1.29, 1.82) is 0 Å². The zero-order valence-electron chi connectivity index (χ0n) is 15.2. The minimum absolute atomic E-state index is 0.0210. The Morgan fingerprint density at radius 3 is 2.60 bits per heavy atom. The molecule has 0 N–H and O–H groups in total. The van der Waals surface area contributed by atoms with Gasteiger partial charge in [-0.05, 0) is 55.9 Å². The number of ketones is 2. The summed E-state index contributed by atoms with van der Waals surface area (Å²) in [7, 11) is -3.42. The van der Waals surface area contributed by atoms with E-state index in [9.17, 15) is 18.0 Å². The lowest BCUT2D eigenvalue weighted by molar-refractivity contribution is -0.130. The van der Waals surface area contributed by atoms with Crippen molar-refractivity contribution in [2.75, 3.05) is 0 Å². The van der Waals surface area contributed by atoms with Crippen LogP contribution in [0.25, 0.3) is 0 Å². The molecule has 4 rings (SSSR count). The number of fused-ring (bicyclic) bond motifs is 5. The molecule has 0 radical (unpaired) electrons. The minimum atomic E-state index is -3.42. The normalized spacial score (nSPS) is 45.6. The highest BCUT2D eigenvalue weighted by molar-refractivity contribution is 7.96. The van der Waals surface area contributed by atoms with Gasteiger partial charge in [0.25, 0.3) is 0 Å². The van der Waals surface area contributed by atoms with Gasteiger partial charge in [0, 0.05) is 17.7 Å². The van der Waals surface area contributed by atoms with Crippen LogP contribution in [0.4, 0.5) is 0 Å². The summed E-state index contributed by atoms with van der Waals surface area (Å²) in [5.41, 5.74) is 0.328. The number of sulfone groups is 1. The van der Waals surface area contributed by atoms with Gasteiger partial charge in [-0.3, -0.25) is 9.59 Å². The Labute approximate surface area is 149 Å². The molecule has 5 heteroatoms. The number of carbonyl (C=O) groups is 2. The van der Waals surface area contributed by atoms with E-state index in [1.54, 1.807) is 0 Å². The molecule has 5 atom stereocenters. The number of hydrogen-bond acceptors (Lipinski definition) is 4. The van der Waals surface area contributed by atoms with Gasteiger partial charge in [0.2, 0.25) is 0 Å². The molecule has 0 saturated heterocycles. The molecule has 0 aromatic carbocycles. The molecule has 0 aromatic rings. The standard InChI is InChI=1S/C20H26O4S/c1-12-10-17(22)20(3)16-5-4-13-11-14(21)8-9-19(13,2)15(16)6-7-18(20)25(12,23)24/h6,10,13,16,18H,4-5,7-9,11H2,1-3H3/t13-,16-,18+,19+,20+/m1/s1. The second kappa shape index (κ2) is 5.15. The number of rotatable bonds is 0. The quantitative estimate of drug-likeness (QED) is 0.620. The minimum Gasteiger partial charge on any atom is -0.300 e. The first-order valence-electron chi connectivity index (χ1n) is 9.30. The van der Waals surface area contributed by atoms with Gasteiger partial charge in [0.05, 0.1) is 10.7 Å². The van der Waals surface area contributed by atoms with Crippen molar-refractivity contribution < 1.29 is 18.0 Å². The third kappa shape index (κ3) is 2.08. The molecule has 25 heavy (non-hydrogen) atoms. The van der Waals surface area contributed by atoms with Gasteiger partial charge in [-0.25, -0.2) is 8.42 Å². The number of allylic oxidation sites excluding steroid dienone is 4. The molecule has 136 valence electrons. The first-order valence-corrected chi connectivity index (χ1v) is 10.9. The zero-order chi connectivity index (χ0) is 18.2.